The van der Waals surface area contributed by atoms with Gasteiger partial charge in [-0.05, 0) is 24.3 Å². The lowest BCUT2D eigenvalue weighted by Gasteiger charge is -2.15. The molecule has 0 fully saturated rings. The summed E-state index contributed by atoms with van der Waals surface area (Å²) in [5, 5.41) is 2.34. The number of nitrogens with one attached hydrogen (secondary N) is 2. The SMILES string of the molecule is C[NH+](CC(=O)Nc1ccccc1C(F)(F)F)Cc1ccc(Cl)s1. The molecule has 0 bridgehead atoms. The van der Waals surface area contributed by atoms with Crippen LogP contribution in [0.4, 0.5) is 18.9 Å². The molecule has 0 aliphatic rings. The van der Waals surface area contributed by atoms with Gasteiger partial charge in [0, 0.05) is 0 Å². The van der Waals surface area contributed by atoms with Gasteiger partial charge >= 0.3 is 6.18 Å². The van der Waals surface area contributed by atoms with Gasteiger partial charge in [0.15, 0.2) is 6.54 Å². The van der Waals surface area contributed by atoms with Crippen molar-refractivity contribution in [2.24, 2.45) is 0 Å². The molecule has 1 amide bonds. The Hall–Kier alpha value is -1.57. The third kappa shape index (κ3) is 5.23. The minimum absolute atomic E-state index is 0.0573. The molecule has 3 nitrogen and oxygen atoms in total. The van der Waals surface area contributed by atoms with Crippen LogP contribution in [0.15, 0.2) is 36.4 Å². The Morgan fingerprint density at radius 3 is 2.57 bits per heavy atom. The number of alkyl halides is 3. The maximum Gasteiger partial charge on any atom is 0.418 e. The first-order valence-electron chi connectivity index (χ1n) is 6.77. The second kappa shape index (κ2) is 7.33. The average Bonchev–Trinajstić information content (AvgIpc) is 2.83. The van der Waals surface area contributed by atoms with E-state index in [-0.39, 0.29) is 12.2 Å². The monoisotopic (exact) mass is 363 g/mol. The highest BCUT2D eigenvalue weighted by Crippen LogP contribution is 2.34. The number of carbonyl (C=O) groups is 1. The van der Waals surface area contributed by atoms with Gasteiger partial charge in [0.05, 0.1) is 27.5 Å². The number of thiophene rings is 1. The zero-order valence-electron chi connectivity index (χ0n) is 12.2. The molecule has 1 aromatic heterocycles. The molecule has 8 heteroatoms. The number of hydrogen-bond donors (Lipinski definition) is 2. The molecule has 2 N–H and O–H groups in total. The van der Waals surface area contributed by atoms with Gasteiger partial charge < -0.3 is 10.2 Å². The van der Waals surface area contributed by atoms with Crippen molar-refractivity contribution in [3.8, 4) is 0 Å². The van der Waals surface area contributed by atoms with Crippen molar-refractivity contribution in [3.05, 3.63) is 51.2 Å². The first-order chi connectivity index (χ1) is 10.8. The molecule has 0 radical (unpaired) electrons. The molecule has 0 saturated carbocycles. The summed E-state index contributed by atoms with van der Waals surface area (Å²) in [6.45, 7) is 0.632. The van der Waals surface area contributed by atoms with E-state index < -0.39 is 17.6 Å². The minimum Gasteiger partial charge on any atom is -0.325 e. The van der Waals surface area contributed by atoms with Crippen molar-refractivity contribution in [3.63, 3.8) is 0 Å². The van der Waals surface area contributed by atoms with Crippen LogP contribution in [0.1, 0.15) is 10.4 Å². The van der Waals surface area contributed by atoms with Crippen molar-refractivity contribution < 1.29 is 22.9 Å². The zero-order valence-corrected chi connectivity index (χ0v) is 13.8. The van der Waals surface area contributed by atoms with Crippen molar-refractivity contribution in [2.45, 2.75) is 12.7 Å². The minimum atomic E-state index is -4.50. The fraction of sp³-hybridized carbons (Fsp3) is 0.267. The van der Waals surface area contributed by atoms with Gasteiger partial charge in [0.25, 0.3) is 5.91 Å². The number of likely N-dealkylation sites (N-methyl/N-ethyl adjacent to an activating group) is 1. The lowest BCUT2D eigenvalue weighted by molar-refractivity contribution is -0.884. The Bertz CT molecular complexity index is 687. The highest BCUT2D eigenvalue weighted by atomic mass is 35.5. The predicted octanol–water partition coefficient (Wildman–Crippen LogP) is 3.07. The van der Waals surface area contributed by atoms with Crippen molar-refractivity contribution in [2.75, 3.05) is 18.9 Å². The molecule has 23 heavy (non-hydrogen) atoms. The van der Waals surface area contributed by atoms with Gasteiger partial charge in [-0.15, -0.1) is 11.3 Å². The lowest BCUT2D eigenvalue weighted by atomic mass is 10.1. The summed E-state index contributed by atoms with van der Waals surface area (Å²) in [5.74, 6) is -0.471. The van der Waals surface area contributed by atoms with Crippen molar-refractivity contribution in [1.82, 2.24) is 0 Å². The molecule has 1 unspecified atom stereocenters. The number of benzene rings is 1. The van der Waals surface area contributed by atoms with E-state index >= 15 is 0 Å². The molecular weight excluding hydrogens is 349 g/mol. The lowest BCUT2D eigenvalue weighted by Crippen LogP contribution is -3.08. The third-order valence-electron chi connectivity index (χ3n) is 3.07. The largest absolute Gasteiger partial charge is 0.418 e. The molecule has 124 valence electrons. The number of halogens is 4. The predicted molar refractivity (Wildman–Crippen MR) is 84.9 cm³/mol. The molecule has 1 aromatic carbocycles. The van der Waals surface area contributed by atoms with Crippen LogP contribution in [-0.2, 0) is 17.5 Å². The summed E-state index contributed by atoms with van der Waals surface area (Å²) in [5.41, 5.74) is -1.08. The van der Waals surface area contributed by atoms with E-state index in [1.807, 2.05) is 6.07 Å². The molecule has 2 rings (SSSR count). The normalized spacial score (nSPS) is 12.9. The van der Waals surface area contributed by atoms with E-state index in [1.165, 1.54) is 29.5 Å². The van der Waals surface area contributed by atoms with Gasteiger partial charge in [0.2, 0.25) is 0 Å². The standard InChI is InChI=1S/C15H14ClF3N2OS/c1-21(8-10-6-7-13(16)23-10)9-14(22)20-12-5-3-2-4-11(12)15(17,18)19/h2-7H,8-9H2,1H3,(H,20,22)/p+1. The van der Waals surface area contributed by atoms with Crippen LogP contribution in [0.2, 0.25) is 4.34 Å². The van der Waals surface area contributed by atoms with Gasteiger partial charge in [-0.3, -0.25) is 4.79 Å². The van der Waals surface area contributed by atoms with Crippen LogP contribution in [0, 0.1) is 0 Å². The van der Waals surface area contributed by atoms with Gasteiger partial charge in [-0.1, -0.05) is 23.7 Å². The Morgan fingerprint density at radius 2 is 1.96 bits per heavy atom. The highest BCUT2D eigenvalue weighted by Gasteiger charge is 2.33. The van der Waals surface area contributed by atoms with E-state index in [1.54, 1.807) is 13.1 Å². The van der Waals surface area contributed by atoms with E-state index in [0.29, 0.717) is 10.9 Å². The van der Waals surface area contributed by atoms with Crippen molar-refractivity contribution in [1.29, 1.82) is 0 Å². The Balaban J connectivity index is 1.97. The summed E-state index contributed by atoms with van der Waals surface area (Å²) in [6, 6.07) is 8.57. The van der Waals surface area contributed by atoms with Crippen LogP contribution in [0.3, 0.4) is 0 Å². The number of para-hydroxylation sites is 1. The summed E-state index contributed by atoms with van der Waals surface area (Å²) >= 11 is 7.26. The fourth-order valence-electron chi connectivity index (χ4n) is 2.11. The Labute approximate surface area is 140 Å². The molecule has 1 atom stereocenters. The first-order valence-corrected chi connectivity index (χ1v) is 7.97. The highest BCUT2D eigenvalue weighted by molar-refractivity contribution is 7.16. The molecule has 0 aliphatic heterocycles. The second-order valence-corrected chi connectivity index (χ2v) is 6.91. The first kappa shape index (κ1) is 17.8. The molecule has 0 spiro atoms. The molecule has 1 heterocycles. The topological polar surface area (TPSA) is 33.5 Å². The molecular formula is C15H15ClF3N2OS+. The number of anilines is 1. The maximum absolute atomic E-state index is 12.9. The Kier molecular flexibility index (Phi) is 5.67. The summed E-state index contributed by atoms with van der Waals surface area (Å²) in [6.07, 6.45) is -4.50. The fourth-order valence-corrected chi connectivity index (χ4v) is 3.32. The number of carbonyl (C=O) groups excluding carboxylic acids is 1. The Morgan fingerprint density at radius 1 is 1.26 bits per heavy atom. The number of quaternary nitrogens is 1. The van der Waals surface area contributed by atoms with Gasteiger partial charge in [-0.2, -0.15) is 13.2 Å². The average molecular weight is 364 g/mol. The van der Waals surface area contributed by atoms with Crippen LogP contribution in [0.5, 0.6) is 0 Å². The summed E-state index contributed by atoms with van der Waals surface area (Å²) in [4.78, 5) is 13.8. The quantitative estimate of drug-likeness (QED) is 0.841. The smallest absolute Gasteiger partial charge is 0.325 e. The van der Waals surface area contributed by atoms with Gasteiger partial charge in [-0.25, -0.2) is 0 Å². The van der Waals surface area contributed by atoms with E-state index in [9.17, 15) is 18.0 Å². The number of rotatable bonds is 5. The van der Waals surface area contributed by atoms with Gasteiger partial charge in [0.1, 0.15) is 6.54 Å². The number of hydrogen-bond acceptors (Lipinski definition) is 2. The molecule has 0 aliphatic carbocycles. The number of amides is 1. The third-order valence-corrected chi connectivity index (χ3v) is 4.30. The maximum atomic E-state index is 12.9. The second-order valence-electron chi connectivity index (χ2n) is 5.11. The van der Waals surface area contributed by atoms with Crippen LogP contribution >= 0.6 is 22.9 Å². The van der Waals surface area contributed by atoms with Crippen LogP contribution in [-0.4, -0.2) is 19.5 Å². The summed E-state index contributed by atoms with van der Waals surface area (Å²) < 4.78 is 39.3. The van der Waals surface area contributed by atoms with E-state index in [4.69, 9.17) is 11.6 Å². The molecule has 2 aromatic rings. The summed E-state index contributed by atoms with van der Waals surface area (Å²) in [7, 11) is 1.79. The van der Waals surface area contributed by atoms with Crippen LogP contribution in [0.25, 0.3) is 0 Å². The van der Waals surface area contributed by atoms with E-state index in [0.717, 1.165) is 15.8 Å². The van der Waals surface area contributed by atoms with E-state index in [2.05, 4.69) is 5.32 Å². The molecule has 0 saturated heterocycles. The zero-order chi connectivity index (χ0) is 17.0. The van der Waals surface area contributed by atoms with Crippen LogP contribution < -0.4 is 10.2 Å². The van der Waals surface area contributed by atoms with Crippen molar-refractivity contribution >= 4 is 34.5 Å².